The minimum atomic E-state index is 0.0919. The summed E-state index contributed by atoms with van der Waals surface area (Å²) in [5.74, 6) is 0.223. The minimum Gasteiger partial charge on any atom is -0.378 e. The van der Waals surface area contributed by atoms with E-state index < -0.39 is 0 Å². The van der Waals surface area contributed by atoms with E-state index in [-0.39, 0.29) is 11.7 Å². The summed E-state index contributed by atoms with van der Waals surface area (Å²) in [6, 6.07) is 21.7. The van der Waals surface area contributed by atoms with Crippen LogP contribution in [-0.4, -0.2) is 66.8 Å². The van der Waals surface area contributed by atoms with Crippen molar-refractivity contribution in [2.45, 2.75) is 12.8 Å². The Morgan fingerprint density at radius 1 is 0.889 bits per heavy atom. The van der Waals surface area contributed by atoms with Crippen molar-refractivity contribution >= 4 is 28.3 Å². The summed E-state index contributed by atoms with van der Waals surface area (Å²) in [6.45, 7) is 2.53. The largest absolute Gasteiger partial charge is 0.378 e. The number of morpholine rings is 1. The number of ether oxygens (including phenoxy) is 1. The zero-order valence-electron chi connectivity index (χ0n) is 20.7. The van der Waals surface area contributed by atoms with E-state index in [0.29, 0.717) is 44.7 Å². The van der Waals surface area contributed by atoms with E-state index in [1.807, 2.05) is 102 Å². The zero-order chi connectivity index (χ0) is 25.1. The van der Waals surface area contributed by atoms with Crippen LogP contribution in [-0.2, 0) is 22.4 Å². The highest BCUT2D eigenvalue weighted by Gasteiger charge is 2.17. The maximum absolute atomic E-state index is 12.8. The van der Waals surface area contributed by atoms with Gasteiger partial charge in [0.15, 0.2) is 5.78 Å². The summed E-state index contributed by atoms with van der Waals surface area (Å²) in [6.07, 6.45) is 2.55. The van der Waals surface area contributed by atoms with Crippen molar-refractivity contribution in [1.82, 2.24) is 14.7 Å². The summed E-state index contributed by atoms with van der Waals surface area (Å²) < 4.78 is 7.21. The predicted octanol–water partition coefficient (Wildman–Crippen LogP) is 3.92. The topological polar surface area (TPSA) is 67.7 Å². The SMILES string of the molecule is CN(C)c1ccc(C(=O)Cc2ccc3c(cnn3-c3ccc(CC(=O)N4CCOCC4)cc3)c2)cc1. The van der Waals surface area contributed by atoms with Crippen LogP contribution < -0.4 is 4.90 Å². The molecule has 0 aliphatic carbocycles. The summed E-state index contributed by atoms with van der Waals surface area (Å²) >= 11 is 0. The molecule has 0 atom stereocenters. The van der Waals surface area contributed by atoms with Gasteiger partial charge in [0.2, 0.25) is 5.91 Å². The third-order valence-corrected chi connectivity index (χ3v) is 6.60. The van der Waals surface area contributed by atoms with E-state index in [4.69, 9.17) is 4.74 Å². The molecule has 0 N–H and O–H groups in total. The first-order valence-electron chi connectivity index (χ1n) is 12.2. The lowest BCUT2D eigenvalue weighted by atomic mass is 10.0. The number of hydrogen-bond donors (Lipinski definition) is 0. The highest BCUT2D eigenvalue weighted by molar-refractivity contribution is 5.98. The molecular formula is C29H30N4O3. The molecule has 1 saturated heterocycles. The molecule has 0 unspecified atom stereocenters. The quantitative estimate of drug-likeness (QED) is 0.374. The molecule has 1 amide bonds. The lowest BCUT2D eigenvalue weighted by Gasteiger charge is -2.26. The van der Waals surface area contributed by atoms with Gasteiger partial charge in [-0.3, -0.25) is 9.59 Å². The number of nitrogens with zero attached hydrogens (tertiary/aromatic N) is 4. The number of fused-ring (bicyclic) bond motifs is 1. The fraction of sp³-hybridized carbons (Fsp3) is 0.276. The van der Waals surface area contributed by atoms with Gasteiger partial charge in [0.05, 0.1) is 37.0 Å². The normalized spacial score (nSPS) is 13.7. The Morgan fingerprint density at radius 2 is 1.58 bits per heavy atom. The Morgan fingerprint density at radius 3 is 2.28 bits per heavy atom. The lowest BCUT2D eigenvalue weighted by Crippen LogP contribution is -2.41. The molecule has 36 heavy (non-hydrogen) atoms. The molecule has 184 valence electrons. The molecule has 2 heterocycles. The minimum absolute atomic E-state index is 0.0919. The van der Waals surface area contributed by atoms with Gasteiger partial charge in [-0.1, -0.05) is 18.2 Å². The van der Waals surface area contributed by atoms with E-state index in [9.17, 15) is 9.59 Å². The third kappa shape index (κ3) is 5.16. The predicted molar refractivity (Wildman–Crippen MR) is 141 cm³/mol. The van der Waals surface area contributed by atoms with E-state index in [1.165, 1.54) is 0 Å². The Bertz CT molecular complexity index is 1370. The second-order valence-corrected chi connectivity index (χ2v) is 9.33. The van der Waals surface area contributed by atoms with Gasteiger partial charge in [0, 0.05) is 50.2 Å². The van der Waals surface area contributed by atoms with Crippen molar-refractivity contribution in [3.05, 3.63) is 89.6 Å². The molecule has 1 aromatic heterocycles. The molecule has 1 aliphatic rings. The molecule has 0 saturated carbocycles. The maximum Gasteiger partial charge on any atom is 0.227 e. The van der Waals surface area contributed by atoms with Gasteiger partial charge in [-0.2, -0.15) is 5.10 Å². The Labute approximate surface area is 210 Å². The molecule has 5 rings (SSSR count). The molecule has 0 spiro atoms. The van der Waals surface area contributed by atoms with Gasteiger partial charge in [-0.25, -0.2) is 4.68 Å². The van der Waals surface area contributed by atoms with Crippen LogP contribution in [0.3, 0.4) is 0 Å². The fourth-order valence-corrected chi connectivity index (χ4v) is 4.49. The van der Waals surface area contributed by atoms with Gasteiger partial charge in [-0.05, 0) is 59.7 Å². The number of aromatic nitrogens is 2. The van der Waals surface area contributed by atoms with E-state index in [1.54, 1.807) is 0 Å². The summed E-state index contributed by atoms with van der Waals surface area (Å²) in [7, 11) is 3.96. The summed E-state index contributed by atoms with van der Waals surface area (Å²) in [5.41, 5.74) is 5.61. The lowest BCUT2D eigenvalue weighted by molar-refractivity contribution is -0.134. The highest BCUT2D eigenvalue weighted by atomic mass is 16.5. The monoisotopic (exact) mass is 482 g/mol. The van der Waals surface area contributed by atoms with Crippen molar-refractivity contribution in [1.29, 1.82) is 0 Å². The number of rotatable bonds is 7. The van der Waals surface area contributed by atoms with Crippen LogP contribution in [0.2, 0.25) is 0 Å². The van der Waals surface area contributed by atoms with Crippen LogP contribution in [0.5, 0.6) is 0 Å². The molecule has 3 aromatic carbocycles. The fourth-order valence-electron chi connectivity index (χ4n) is 4.49. The zero-order valence-corrected chi connectivity index (χ0v) is 20.7. The molecule has 0 radical (unpaired) electrons. The van der Waals surface area contributed by atoms with Crippen LogP contribution in [0, 0.1) is 0 Å². The summed E-state index contributed by atoms with van der Waals surface area (Å²) in [4.78, 5) is 29.2. The molecular weight excluding hydrogens is 452 g/mol. The smallest absolute Gasteiger partial charge is 0.227 e. The maximum atomic E-state index is 12.8. The highest BCUT2D eigenvalue weighted by Crippen LogP contribution is 2.22. The van der Waals surface area contributed by atoms with Gasteiger partial charge in [-0.15, -0.1) is 0 Å². The van der Waals surface area contributed by atoms with Crippen LogP contribution in [0.15, 0.2) is 72.9 Å². The second-order valence-electron chi connectivity index (χ2n) is 9.33. The van der Waals surface area contributed by atoms with Crippen LogP contribution >= 0.6 is 0 Å². The first-order chi connectivity index (χ1) is 17.5. The van der Waals surface area contributed by atoms with Crippen LogP contribution in [0.25, 0.3) is 16.6 Å². The van der Waals surface area contributed by atoms with Gasteiger partial charge in [0.25, 0.3) is 0 Å². The van der Waals surface area contributed by atoms with Crippen LogP contribution in [0.1, 0.15) is 21.5 Å². The van der Waals surface area contributed by atoms with Crippen molar-refractivity contribution in [2.75, 3.05) is 45.3 Å². The number of amides is 1. The molecule has 7 nitrogen and oxygen atoms in total. The van der Waals surface area contributed by atoms with Crippen molar-refractivity contribution in [3.63, 3.8) is 0 Å². The molecule has 4 aromatic rings. The first kappa shape index (κ1) is 23.8. The van der Waals surface area contributed by atoms with Gasteiger partial charge in [0.1, 0.15) is 0 Å². The number of carbonyl (C=O) groups is 2. The number of anilines is 1. The van der Waals surface area contributed by atoms with E-state index >= 15 is 0 Å². The average molecular weight is 483 g/mol. The Hall–Kier alpha value is -3.97. The molecule has 7 heteroatoms. The first-order valence-corrected chi connectivity index (χ1v) is 12.2. The number of hydrogen-bond acceptors (Lipinski definition) is 5. The van der Waals surface area contributed by atoms with Crippen molar-refractivity contribution < 1.29 is 14.3 Å². The van der Waals surface area contributed by atoms with Crippen molar-refractivity contribution in [3.8, 4) is 5.69 Å². The van der Waals surface area contributed by atoms with E-state index in [0.717, 1.165) is 33.4 Å². The average Bonchev–Trinajstić information content (AvgIpc) is 3.33. The Kier molecular flexibility index (Phi) is 6.82. The number of carbonyl (C=O) groups excluding carboxylic acids is 2. The molecule has 1 aliphatic heterocycles. The standard InChI is InChI=1S/C29H30N4O3/c1-31(2)25-10-6-23(7-11-25)28(34)18-22-5-12-27-24(17-22)20-30-33(27)26-8-3-21(4-9-26)19-29(35)32-13-15-36-16-14-32/h3-12,17,20H,13-16,18-19H2,1-2H3. The number of benzene rings is 3. The van der Waals surface area contributed by atoms with E-state index in [2.05, 4.69) is 5.10 Å². The van der Waals surface area contributed by atoms with Gasteiger partial charge < -0.3 is 14.5 Å². The third-order valence-electron chi connectivity index (χ3n) is 6.60. The summed E-state index contributed by atoms with van der Waals surface area (Å²) in [5, 5.41) is 5.55. The number of ketones is 1. The molecule has 0 bridgehead atoms. The Balaban J connectivity index is 1.27. The molecule has 1 fully saturated rings. The van der Waals surface area contributed by atoms with Crippen molar-refractivity contribution in [2.24, 2.45) is 0 Å². The van der Waals surface area contributed by atoms with Crippen LogP contribution in [0.4, 0.5) is 5.69 Å². The second kappa shape index (κ2) is 10.3. The number of Topliss-reactive ketones (excluding diaryl/α,β-unsaturated/α-hetero) is 1. The van der Waals surface area contributed by atoms with Gasteiger partial charge >= 0.3 is 0 Å².